The molecule has 17 heavy (non-hydrogen) atoms. The van der Waals surface area contributed by atoms with Gasteiger partial charge in [-0.15, -0.1) is 0 Å². The van der Waals surface area contributed by atoms with Crippen LogP contribution < -0.4 is 0 Å². The van der Waals surface area contributed by atoms with Crippen LogP contribution in [-0.4, -0.2) is 18.2 Å². The SMILES string of the molecule is CCCCB1CCCCN1Cc1ccccc1. The Balaban J connectivity index is 1.92. The zero-order chi connectivity index (χ0) is 11.9. The van der Waals surface area contributed by atoms with Crippen molar-refractivity contribution in [2.75, 3.05) is 6.54 Å². The molecular weight excluding hydrogens is 205 g/mol. The number of hydrogen-bond donors (Lipinski definition) is 0. The maximum atomic E-state index is 2.70. The lowest BCUT2D eigenvalue weighted by atomic mass is 9.51. The number of benzene rings is 1. The van der Waals surface area contributed by atoms with Crippen LogP contribution in [0, 0.1) is 0 Å². The molecule has 1 aromatic rings. The van der Waals surface area contributed by atoms with Crippen LogP contribution in [0.15, 0.2) is 30.3 Å². The van der Waals surface area contributed by atoms with Gasteiger partial charge in [-0.2, -0.15) is 0 Å². The van der Waals surface area contributed by atoms with Gasteiger partial charge < -0.3 is 4.81 Å². The molecule has 0 aliphatic carbocycles. The molecule has 1 aliphatic rings. The third kappa shape index (κ3) is 3.88. The van der Waals surface area contributed by atoms with Crippen molar-refractivity contribution in [1.82, 2.24) is 4.81 Å². The molecule has 0 atom stereocenters. The van der Waals surface area contributed by atoms with Crippen molar-refractivity contribution < 1.29 is 0 Å². The molecule has 92 valence electrons. The van der Waals surface area contributed by atoms with Crippen molar-refractivity contribution in [2.45, 2.75) is 51.8 Å². The molecule has 1 saturated heterocycles. The average molecular weight is 229 g/mol. The highest BCUT2D eigenvalue weighted by Crippen LogP contribution is 2.21. The van der Waals surface area contributed by atoms with Crippen molar-refractivity contribution in [3.8, 4) is 0 Å². The second-order valence-corrected chi connectivity index (χ2v) is 5.25. The summed E-state index contributed by atoms with van der Waals surface area (Å²) in [6, 6.07) is 10.9. The quantitative estimate of drug-likeness (QED) is 0.688. The van der Waals surface area contributed by atoms with Crippen LogP contribution in [0.2, 0.25) is 12.6 Å². The molecule has 0 amide bonds. The van der Waals surface area contributed by atoms with E-state index in [1.165, 1.54) is 50.4 Å². The summed E-state index contributed by atoms with van der Waals surface area (Å²) < 4.78 is 0. The van der Waals surface area contributed by atoms with Crippen molar-refractivity contribution in [3.05, 3.63) is 35.9 Å². The fourth-order valence-electron chi connectivity index (χ4n) is 2.85. The molecule has 1 aliphatic heterocycles. The Bertz CT molecular complexity index is 312. The van der Waals surface area contributed by atoms with Gasteiger partial charge in [0.2, 0.25) is 6.85 Å². The van der Waals surface area contributed by atoms with Crippen LogP contribution in [-0.2, 0) is 6.54 Å². The fourth-order valence-corrected chi connectivity index (χ4v) is 2.85. The van der Waals surface area contributed by atoms with Crippen molar-refractivity contribution >= 4 is 6.85 Å². The molecular formula is C15H24BN. The summed E-state index contributed by atoms with van der Waals surface area (Å²) in [6.07, 6.45) is 8.33. The minimum absolute atomic E-state index is 0.837. The normalized spacial score (nSPS) is 17.4. The topological polar surface area (TPSA) is 3.24 Å². The molecule has 1 aromatic carbocycles. The van der Waals surface area contributed by atoms with Gasteiger partial charge in [-0.05, 0) is 18.5 Å². The van der Waals surface area contributed by atoms with E-state index in [4.69, 9.17) is 0 Å². The Labute approximate surface area is 106 Å². The lowest BCUT2D eigenvalue weighted by Gasteiger charge is -2.33. The first-order valence-corrected chi connectivity index (χ1v) is 7.18. The molecule has 0 N–H and O–H groups in total. The van der Waals surface area contributed by atoms with Crippen molar-refractivity contribution in [2.24, 2.45) is 0 Å². The van der Waals surface area contributed by atoms with E-state index in [0.29, 0.717) is 0 Å². The molecule has 0 aromatic heterocycles. The summed E-state index contributed by atoms with van der Waals surface area (Å²) in [7, 11) is 0. The fraction of sp³-hybridized carbons (Fsp3) is 0.600. The van der Waals surface area contributed by atoms with Gasteiger partial charge in [0.15, 0.2) is 0 Å². The van der Waals surface area contributed by atoms with Gasteiger partial charge in [-0.1, -0.05) is 69.2 Å². The van der Waals surface area contributed by atoms with E-state index in [1.54, 1.807) is 0 Å². The summed E-state index contributed by atoms with van der Waals surface area (Å²) >= 11 is 0. The Kier molecular flexibility index (Phi) is 5.12. The lowest BCUT2D eigenvalue weighted by Crippen LogP contribution is -2.42. The van der Waals surface area contributed by atoms with Gasteiger partial charge in [-0.25, -0.2) is 0 Å². The van der Waals surface area contributed by atoms with E-state index in [9.17, 15) is 0 Å². The summed E-state index contributed by atoms with van der Waals surface area (Å²) in [5, 5.41) is 0. The highest BCUT2D eigenvalue weighted by Gasteiger charge is 2.25. The first kappa shape index (κ1) is 12.7. The number of nitrogens with zero attached hydrogens (tertiary/aromatic N) is 1. The monoisotopic (exact) mass is 229 g/mol. The Hall–Kier alpha value is -0.755. The zero-order valence-electron chi connectivity index (χ0n) is 11.1. The first-order valence-electron chi connectivity index (χ1n) is 7.18. The van der Waals surface area contributed by atoms with Gasteiger partial charge in [0, 0.05) is 6.54 Å². The summed E-state index contributed by atoms with van der Waals surface area (Å²) in [6.45, 7) is 5.58. The molecule has 1 heterocycles. The number of rotatable bonds is 5. The summed E-state index contributed by atoms with van der Waals surface area (Å²) in [5.41, 5.74) is 1.47. The molecule has 0 saturated carbocycles. The maximum Gasteiger partial charge on any atom is 0.223 e. The van der Waals surface area contributed by atoms with Gasteiger partial charge in [0.05, 0.1) is 0 Å². The van der Waals surface area contributed by atoms with E-state index in [1.807, 2.05) is 0 Å². The summed E-state index contributed by atoms with van der Waals surface area (Å²) in [4.78, 5) is 2.70. The van der Waals surface area contributed by atoms with E-state index in [2.05, 4.69) is 42.1 Å². The predicted molar refractivity (Wildman–Crippen MR) is 76.4 cm³/mol. The Morgan fingerprint density at radius 2 is 2.00 bits per heavy atom. The van der Waals surface area contributed by atoms with E-state index in [0.717, 1.165) is 13.4 Å². The van der Waals surface area contributed by atoms with Crippen LogP contribution in [0.25, 0.3) is 0 Å². The standard InChI is InChI=1S/C15H24BN/c1-2-3-11-16-12-7-8-13-17(16)14-15-9-5-4-6-10-15/h4-6,9-10H,2-3,7-8,11-14H2,1H3. The maximum absolute atomic E-state index is 2.70. The van der Waals surface area contributed by atoms with Crippen LogP contribution in [0.3, 0.4) is 0 Å². The Morgan fingerprint density at radius 1 is 1.18 bits per heavy atom. The van der Waals surface area contributed by atoms with Crippen molar-refractivity contribution in [1.29, 1.82) is 0 Å². The van der Waals surface area contributed by atoms with Crippen LogP contribution in [0.5, 0.6) is 0 Å². The molecule has 0 bridgehead atoms. The van der Waals surface area contributed by atoms with Crippen molar-refractivity contribution in [3.63, 3.8) is 0 Å². The highest BCUT2D eigenvalue weighted by atomic mass is 15.1. The zero-order valence-corrected chi connectivity index (χ0v) is 11.1. The molecule has 2 rings (SSSR count). The van der Waals surface area contributed by atoms with Crippen LogP contribution in [0.4, 0.5) is 0 Å². The molecule has 1 nitrogen and oxygen atoms in total. The molecule has 0 unspecified atom stereocenters. The van der Waals surface area contributed by atoms with E-state index in [-0.39, 0.29) is 0 Å². The lowest BCUT2D eigenvalue weighted by molar-refractivity contribution is 0.386. The van der Waals surface area contributed by atoms with E-state index < -0.39 is 0 Å². The predicted octanol–water partition coefficient (Wildman–Crippen LogP) is 4.07. The Morgan fingerprint density at radius 3 is 2.76 bits per heavy atom. The second-order valence-electron chi connectivity index (χ2n) is 5.25. The molecule has 1 fully saturated rings. The minimum Gasteiger partial charge on any atom is -0.338 e. The molecule has 2 heteroatoms. The third-order valence-corrected chi connectivity index (χ3v) is 3.87. The summed E-state index contributed by atoms with van der Waals surface area (Å²) in [5.74, 6) is 0. The van der Waals surface area contributed by atoms with Gasteiger partial charge >= 0.3 is 0 Å². The first-order chi connectivity index (χ1) is 8.40. The van der Waals surface area contributed by atoms with Gasteiger partial charge in [-0.3, -0.25) is 0 Å². The minimum atomic E-state index is 0.837. The molecule has 0 radical (unpaired) electrons. The van der Waals surface area contributed by atoms with Gasteiger partial charge in [0.25, 0.3) is 0 Å². The third-order valence-electron chi connectivity index (χ3n) is 3.87. The molecule has 0 spiro atoms. The second kappa shape index (κ2) is 6.85. The number of unbranched alkanes of at least 4 members (excludes halogenated alkanes) is 1. The van der Waals surface area contributed by atoms with Crippen LogP contribution in [0.1, 0.15) is 38.2 Å². The number of hydrogen-bond acceptors (Lipinski definition) is 1. The highest BCUT2D eigenvalue weighted by molar-refractivity contribution is 6.55. The largest absolute Gasteiger partial charge is 0.338 e. The smallest absolute Gasteiger partial charge is 0.223 e. The van der Waals surface area contributed by atoms with Crippen LogP contribution >= 0.6 is 0 Å². The van der Waals surface area contributed by atoms with E-state index >= 15 is 0 Å². The average Bonchev–Trinajstić information content (AvgIpc) is 2.39. The van der Waals surface area contributed by atoms with Gasteiger partial charge in [0.1, 0.15) is 0 Å².